The van der Waals surface area contributed by atoms with E-state index in [0.29, 0.717) is 11.4 Å². The number of aromatic nitrogens is 2. The Hall–Kier alpha value is -3.17. The van der Waals surface area contributed by atoms with Gasteiger partial charge in [0.2, 0.25) is 17.7 Å². The molecule has 0 spiro atoms. The van der Waals surface area contributed by atoms with Crippen LogP contribution in [0.5, 0.6) is 0 Å². The number of nitrogens with zero attached hydrogens (tertiary/aromatic N) is 1. The van der Waals surface area contributed by atoms with E-state index in [9.17, 15) is 34.2 Å². The van der Waals surface area contributed by atoms with Gasteiger partial charge in [-0.15, -0.1) is 0 Å². The van der Waals surface area contributed by atoms with Crippen molar-refractivity contribution in [3.8, 4) is 0 Å². The van der Waals surface area contributed by atoms with Crippen molar-refractivity contribution < 1.29 is 39.3 Å². The van der Waals surface area contributed by atoms with Crippen LogP contribution in [0.1, 0.15) is 31.9 Å². The maximum absolute atomic E-state index is 12.9. The summed E-state index contributed by atoms with van der Waals surface area (Å²) in [5.41, 5.74) is 6.06. The molecule has 0 aliphatic carbocycles. The molecule has 35 heavy (non-hydrogen) atoms. The van der Waals surface area contributed by atoms with Crippen LogP contribution in [0.4, 0.5) is 0 Å². The number of carbonyl (C=O) groups excluding carboxylic acids is 3. The molecule has 1 heterocycles. The van der Waals surface area contributed by atoms with E-state index in [4.69, 9.17) is 10.8 Å². The van der Waals surface area contributed by atoms with Gasteiger partial charge < -0.3 is 42.0 Å². The fourth-order valence-electron chi connectivity index (χ4n) is 2.89. The Labute approximate surface area is 205 Å². The third kappa shape index (κ3) is 10.7. The zero-order valence-corrected chi connectivity index (χ0v) is 20.2. The molecule has 1 rings (SSSR count). The summed E-state index contributed by atoms with van der Waals surface area (Å²) in [6.45, 7) is 1.32. The van der Waals surface area contributed by atoms with Crippen molar-refractivity contribution in [1.82, 2.24) is 25.9 Å². The average Bonchev–Trinajstić information content (AvgIpc) is 3.30. The fraction of sp³-hybridized carbons (Fsp3) is 0.600. The number of thioether (sulfide) groups is 1. The smallest absolute Gasteiger partial charge is 0.326 e. The van der Waals surface area contributed by atoms with E-state index < -0.39 is 66.4 Å². The normalized spacial score (nSPS) is 15.2. The predicted octanol–water partition coefficient (Wildman–Crippen LogP) is -2.18. The number of carboxylic acid groups (broad SMARTS) is 2. The lowest BCUT2D eigenvalue weighted by Crippen LogP contribution is -2.58. The van der Waals surface area contributed by atoms with E-state index >= 15 is 0 Å². The summed E-state index contributed by atoms with van der Waals surface area (Å²) in [5, 5.41) is 35.2. The number of nitrogens with one attached hydrogen (secondary N) is 4. The van der Waals surface area contributed by atoms with Crippen LogP contribution in [-0.4, -0.2) is 97.2 Å². The van der Waals surface area contributed by atoms with Crippen molar-refractivity contribution in [2.45, 2.75) is 62.9 Å². The number of amides is 3. The molecule has 14 nitrogen and oxygen atoms in total. The maximum Gasteiger partial charge on any atom is 0.326 e. The predicted molar refractivity (Wildman–Crippen MR) is 125 cm³/mol. The molecule has 0 aliphatic rings. The minimum absolute atomic E-state index is 0.121. The highest BCUT2D eigenvalue weighted by atomic mass is 32.2. The Morgan fingerprint density at radius 2 is 1.60 bits per heavy atom. The van der Waals surface area contributed by atoms with E-state index in [2.05, 4.69) is 25.9 Å². The first kappa shape index (κ1) is 29.9. The molecule has 3 amide bonds. The number of hydrogen-bond acceptors (Lipinski definition) is 9. The molecule has 1 aromatic heterocycles. The van der Waals surface area contributed by atoms with E-state index in [1.165, 1.54) is 31.2 Å². The van der Waals surface area contributed by atoms with Gasteiger partial charge in [-0.05, 0) is 31.8 Å². The number of H-pyrrole nitrogens is 1. The highest BCUT2D eigenvalue weighted by molar-refractivity contribution is 7.98. The number of aliphatic carboxylic acids is 2. The number of rotatable bonds is 16. The van der Waals surface area contributed by atoms with Crippen molar-refractivity contribution in [3.05, 3.63) is 18.2 Å². The van der Waals surface area contributed by atoms with E-state index in [1.54, 1.807) is 6.26 Å². The lowest BCUT2D eigenvalue weighted by Gasteiger charge is -2.25. The minimum Gasteiger partial charge on any atom is -0.481 e. The number of imidazole rings is 1. The third-order valence-electron chi connectivity index (χ3n) is 4.94. The highest BCUT2D eigenvalue weighted by Gasteiger charge is 2.31. The van der Waals surface area contributed by atoms with Crippen LogP contribution in [0.2, 0.25) is 0 Å². The van der Waals surface area contributed by atoms with Gasteiger partial charge >= 0.3 is 11.9 Å². The second-order valence-electron chi connectivity index (χ2n) is 7.78. The summed E-state index contributed by atoms with van der Waals surface area (Å²) >= 11 is 1.40. The van der Waals surface area contributed by atoms with Crippen LogP contribution in [-0.2, 0) is 30.4 Å². The van der Waals surface area contributed by atoms with Gasteiger partial charge in [-0.1, -0.05) is 0 Å². The molecule has 0 saturated carbocycles. The Morgan fingerprint density at radius 1 is 1.03 bits per heavy atom. The quantitative estimate of drug-likeness (QED) is 0.117. The lowest BCUT2D eigenvalue weighted by molar-refractivity contribution is -0.143. The maximum atomic E-state index is 12.9. The molecule has 0 radical (unpaired) electrons. The number of nitrogens with two attached hydrogens (primary N) is 1. The van der Waals surface area contributed by atoms with Gasteiger partial charge in [0, 0.05) is 24.7 Å². The summed E-state index contributed by atoms with van der Waals surface area (Å²) in [7, 11) is 0. The summed E-state index contributed by atoms with van der Waals surface area (Å²) in [4.78, 5) is 67.2. The van der Waals surface area contributed by atoms with E-state index in [-0.39, 0.29) is 19.3 Å². The second-order valence-corrected chi connectivity index (χ2v) is 8.77. The molecule has 0 fully saturated rings. The van der Waals surface area contributed by atoms with Crippen LogP contribution < -0.4 is 21.7 Å². The Kier molecular flexibility index (Phi) is 12.8. The first-order valence-electron chi connectivity index (χ1n) is 10.7. The van der Waals surface area contributed by atoms with Gasteiger partial charge in [-0.25, -0.2) is 9.78 Å². The molecule has 1 aromatic rings. The molecular formula is C20H32N6O8S. The summed E-state index contributed by atoms with van der Waals surface area (Å²) in [6.07, 6.45) is 2.59. The fourth-order valence-corrected chi connectivity index (χ4v) is 3.36. The average molecular weight is 517 g/mol. The monoisotopic (exact) mass is 516 g/mol. The molecule has 9 N–H and O–H groups in total. The van der Waals surface area contributed by atoms with Crippen molar-refractivity contribution in [2.75, 3.05) is 12.0 Å². The van der Waals surface area contributed by atoms with Crippen molar-refractivity contribution in [1.29, 1.82) is 0 Å². The Balaban J connectivity index is 3.00. The SMILES string of the molecule is CSCCC(NC(=O)C(N)C(C)O)C(=O)NC(CCC(=O)O)C(=O)NC(Cc1cnc[nH]1)C(=O)O. The summed E-state index contributed by atoms with van der Waals surface area (Å²) in [5.74, 6) is -4.57. The highest BCUT2D eigenvalue weighted by Crippen LogP contribution is 2.06. The minimum atomic E-state index is -1.39. The lowest BCUT2D eigenvalue weighted by atomic mass is 10.1. The molecule has 196 valence electrons. The van der Waals surface area contributed by atoms with Gasteiger partial charge in [0.05, 0.1) is 12.4 Å². The van der Waals surface area contributed by atoms with Gasteiger partial charge in [0.1, 0.15) is 24.2 Å². The summed E-state index contributed by atoms with van der Waals surface area (Å²) < 4.78 is 0. The number of aliphatic hydroxyl groups excluding tert-OH is 1. The van der Waals surface area contributed by atoms with Gasteiger partial charge in [0.25, 0.3) is 0 Å². The zero-order valence-electron chi connectivity index (χ0n) is 19.4. The molecule has 0 bridgehead atoms. The van der Waals surface area contributed by atoms with Gasteiger partial charge in [0.15, 0.2) is 0 Å². The molecular weight excluding hydrogens is 484 g/mol. The van der Waals surface area contributed by atoms with E-state index in [1.807, 2.05) is 0 Å². The van der Waals surface area contributed by atoms with Crippen LogP contribution in [0.25, 0.3) is 0 Å². The Morgan fingerprint density at radius 3 is 2.09 bits per heavy atom. The summed E-state index contributed by atoms with van der Waals surface area (Å²) in [6, 6.07) is -5.17. The van der Waals surface area contributed by atoms with Crippen LogP contribution in [0.3, 0.4) is 0 Å². The number of aromatic amines is 1. The van der Waals surface area contributed by atoms with Crippen LogP contribution in [0.15, 0.2) is 12.5 Å². The number of aliphatic hydroxyl groups is 1. The molecule has 5 atom stereocenters. The number of carbonyl (C=O) groups is 5. The first-order valence-corrected chi connectivity index (χ1v) is 12.1. The number of hydrogen-bond donors (Lipinski definition) is 8. The van der Waals surface area contributed by atoms with Crippen molar-refractivity contribution in [3.63, 3.8) is 0 Å². The third-order valence-corrected chi connectivity index (χ3v) is 5.58. The molecule has 0 aliphatic heterocycles. The molecule has 15 heteroatoms. The standard InChI is InChI=1S/C20H32N6O8S/c1-10(27)16(21)19(32)25-13(5-6-35-2)18(31)24-12(3-4-15(28)29)17(30)26-14(20(33)34)7-11-8-22-9-23-11/h8-10,12-14,16,27H,3-7,21H2,1-2H3,(H,22,23)(H,24,31)(H,25,32)(H,26,30)(H,28,29)(H,33,34). The largest absolute Gasteiger partial charge is 0.481 e. The zero-order chi connectivity index (χ0) is 26.5. The Bertz CT molecular complexity index is 866. The van der Waals surface area contributed by atoms with Crippen LogP contribution >= 0.6 is 11.8 Å². The topological polar surface area (TPSA) is 237 Å². The second kappa shape index (κ2) is 15.0. The van der Waals surface area contributed by atoms with Gasteiger partial charge in [-0.3, -0.25) is 19.2 Å². The molecule has 0 saturated heterocycles. The van der Waals surface area contributed by atoms with Crippen LogP contribution in [0, 0.1) is 0 Å². The van der Waals surface area contributed by atoms with Crippen molar-refractivity contribution in [2.24, 2.45) is 5.73 Å². The first-order chi connectivity index (χ1) is 16.5. The van der Waals surface area contributed by atoms with Gasteiger partial charge in [-0.2, -0.15) is 11.8 Å². The molecule has 5 unspecified atom stereocenters. The van der Waals surface area contributed by atoms with E-state index in [0.717, 1.165) is 0 Å². The number of carboxylic acids is 2. The molecule has 0 aromatic carbocycles. The van der Waals surface area contributed by atoms with Crippen molar-refractivity contribution >= 4 is 41.4 Å².